The summed E-state index contributed by atoms with van der Waals surface area (Å²) in [5, 5.41) is 10.9. The molecule has 1 fully saturated rings. The highest BCUT2D eigenvalue weighted by molar-refractivity contribution is 7.91. The van der Waals surface area contributed by atoms with Crippen LogP contribution in [0.2, 0.25) is 5.02 Å². The predicted octanol–water partition coefficient (Wildman–Crippen LogP) is 2.50. The molecule has 1 heterocycles. The van der Waals surface area contributed by atoms with E-state index in [0.29, 0.717) is 11.6 Å². The van der Waals surface area contributed by atoms with Gasteiger partial charge in [-0.1, -0.05) is 48.0 Å². The molecule has 4 nitrogen and oxygen atoms in total. The third-order valence-electron chi connectivity index (χ3n) is 4.08. The van der Waals surface area contributed by atoms with Crippen LogP contribution in [-0.4, -0.2) is 37.2 Å². The zero-order chi connectivity index (χ0) is 16.4. The molecule has 0 aliphatic carbocycles. The molecule has 0 bridgehead atoms. The van der Waals surface area contributed by atoms with E-state index < -0.39 is 22.0 Å². The smallest absolute Gasteiger partial charge is 0.155 e. The Labute approximate surface area is 141 Å². The Kier molecular flexibility index (Phi) is 4.62. The zero-order valence-electron chi connectivity index (χ0n) is 12.5. The number of rotatable bonds is 4. The topological polar surface area (TPSA) is 57.6 Å². The summed E-state index contributed by atoms with van der Waals surface area (Å²) < 4.78 is 23.8. The Hall–Kier alpha value is -1.56. The minimum atomic E-state index is -3.22. The Morgan fingerprint density at radius 3 is 2.30 bits per heavy atom. The van der Waals surface area contributed by atoms with Crippen molar-refractivity contribution in [3.05, 3.63) is 65.2 Å². The molecule has 1 saturated heterocycles. The molecule has 0 amide bonds. The van der Waals surface area contributed by atoms with Crippen molar-refractivity contribution in [3.8, 4) is 0 Å². The first-order chi connectivity index (χ1) is 11.0. The van der Waals surface area contributed by atoms with Gasteiger partial charge in [0, 0.05) is 17.3 Å². The van der Waals surface area contributed by atoms with Gasteiger partial charge >= 0.3 is 0 Å². The number of sulfone groups is 1. The molecule has 2 atom stereocenters. The van der Waals surface area contributed by atoms with Gasteiger partial charge in [-0.15, -0.1) is 0 Å². The van der Waals surface area contributed by atoms with Gasteiger partial charge in [-0.2, -0.15) is 0 Å². The normalized spacial score (nSPS) is 22.9. The van der Waals surface area contributed by atoms with Crippen molar-refractivity contribution in [2.24, 2.45) is 0 Å². The number of anilines is 1. The van der Waals surface area contributed by atoms with Crippen LogP contribution in [-0.2, 0) is 16.4 Å². The van der Waals surface area contributed by atoms with Crippen molar-refractivity contribution >= 4 is 27.1 Å². The molecule has 0 radical (unpaired) electrons. The second-order valence-electron chi connectivity index (χ2n) is 5.77. The van der Waals surface area contributed by atoms with Crippen LogP contribution < -0.4 is 4.90 Å². The van der Waals surface area contributed by atoms with E-state index in [1.807, 2.05) is 59.5 Å². The van der Waals surface area contributed by atoms with Gasteiger partial charge in [-0.3, -0.25) is 0 Å². The molecule has 23 heavy (non-hydrogen) atoms. The van der Waals surface area contributed by atoms with E-state index in [1.54, 1.807) is 0 Å². The molecule has 0 spiro atoms. The van der Waals surface area contributed by atoms with Gasteiger partial charge in [0.25, 0.3) is 0 Å². The number of hydrogen-bond acceptors (Lipinski definition) is 4. The van der Waals surface area contributed by atoms with E-state index in [4.69, 9.17) is 11.6 Å². The molecule has 2 aromatic rings. The fourth-order valence-electron chi connectivity index (χ4n) is 2.94. The molecule has 3 rings (SSSR count). The highest BCUT2D eigenvalue weighted by Gasteiger charge is 2.40. The van der Waals surface area contributed by atoms with Crippen molar-refractivity contribution < 1.29 is 13.5 Å². The molecule has 122 valence electrons. The molecular formula is C17H18ClNO3S. The monoisotopic (exact) mass is 351 g/mol. The summed E-state index contributed by atoms with van der Waals surface area (Å²) in [5.74, 6) is -0.239. The summed E-state index contributed by atoms with van der Waals surface area (Å²) in [7, 11) is -3.22. The zero-order valence-corrected chi connectivity index (χ0v) is 14.0. The highest BCUT2D eigenvalue weighted by Crippen LogP contribution is 2.28. The number of nitrogens with zero attached hydrogens (tertiary/aromatic N) is 1. The maximum atomic E-state index is 11.9. The Morgan fingerprint density at radius 1 is 1.04 bits per heavy atom. The van der Waals surface area contributed by atoms with Gasteiger partial charge in [0.1, 0.15) is 0 Å². The number of halogens is 1. The lowest BCUT2D eigenvalue weighted by molar-refractivity contribution is 0.178. The molecule has 1 aliphatic rings. The SMILES string of the molecule is O=S1(=O)C[C@@H](O)[C@@H](N(Cc2ccccc2Cl)c2ccccc2)C1. The minimum Gasteiger partial charge on any atom is -0.390 e. The fraction of sp³-hybridized carbons (Fsp3) is 0.294. The minimum absolute atomic E-state index is 0.0481. The van der Waals surface area contributed by atoms with Gasteiger partial charge in [0.05, 0.1) is 23.7 Å². The van der Waals surface area contributed by atoms with Crippen LogP contribution in [0.25, 0.3) is 0 Å². The summed E-state index contributed by atoms with van der Waals surface area (Å²) in [5.41, 5.74) is 1.77. The van der Waals surface area contributed by atoms with Crippen molar-refractivity contribution in [1.29, 1.82) is 0 Å². The molecule has 6 heteroatoms. The quantitative estimate of drug-likeness (QED) is 0.919. The Balaban J connectivity index is 1.97. The van der Waals surface area contributed by atoms with Crippen LogP contribution in [0, 0.1) is 0 Å². The van der Waals surface area contributed by atoms with Crippen molar-refractivity contribution in [1.82, 2.24) is 0 Å². The van der Waals surface area contributed by atoms with Crippen molar-refractivity contribution in [2.75, 3.05) is 16.4 Å². The van der Waals surface area contributed by atoms with E-state index in [0.717, 1.165) is 11.3 Å². The fourth-order valence-corrected chi connectivity index (χ4v) is 4.93. The average Bonchev–Trinajstić information content (AvgIpc) is 2.80. The van der Waals surface area contributed by atoms with E-state index in [2.05, 4.69) is 0 Å². The second kappa shape index (κ2) is 6.51. The molecular weight excluding hydrogens is 334 g/mol. The third-order valence-corrected chi connectivity index (χ3v) is 6.15. The van der Waals surface area contributed by atoms with Gasteiger partial charge in [-0.25, -0.2) is 8.42 Å². The van der Waals surface area contributed by atoms with Crippen LogP contribution in [0.4, 0.5) is 5.69 Å². The molecule has 1 N–H and O–H groups in total. The lowest BCUT2D eigenvalue weighted by atomic mass is 10.1. The van der Waals surface area contributed by atoms with Gasteiger partial charge in [0.2, 0.25) is 0 Å². The van der Waals surface area contributed by atoms with Crippen LogP contribution in [0.3, 0.4) is 0 Å². The maximum absolute atomic E-state index is 11.9. The van der Waals surface area contributed by atoms with E-state index >= 15 is 0 Å². The summed E-state index contributed by atoms with van der Waals surface area (Å²) in [6, 6.07) is 16.5. The molecule has 0 aromatic heterocycles. The summed E-state index contributed by atoms with van der Waals surface area (Å²) >= 11 is 6.25. The molecule has 1 aliphatic heterocycles. The Bertz CT molecular complexity index is 779. The highest BCUT2D eigenvalue weighted by atomic mass is 35.5. The number of benzene rings is 2. The number of para-hydroxylation sites is 1. The first-order valence-electron chi connectivity index (χ1n) is 7.40. The summed E-state index contributed by atoms with van der Waals surface area (Å²) in [6.45, 7) is 0.445. The van der Waals surface area contributed by atoms with Crippen LogP contribution >= 0.6 is 11.6 Å². The first kappa shape index (κ1) is 16.3. The summed E-state index contributed by atoms with van der Waals surface area (Å²) in [4.78, 5) is 1.93. The maximum Gasteiger partial charge on any atom is 0.155 e. The predicted molar refractivity (Wildman–Crippen MR) is 92.5 cm³/mol. The molecule has 0 saturated carbocycles. The van der Waals surface area contributed by atoms with Gasteiger partial charge in [-0.05, 0) is 23.8 Å². The van der Waals surface area contributed by atoms with Crippen LogP contribution in [0.5, 0.6) is 0 Å². The molecule has 0 unspecified atom stereocenters. The van der Waals surface area contributed by atoms with Crippen LogP contribution in [0.1, 0.15) is 5.56 Å². The van der Waals surface area contributed by atoms with Crippen molar-refractivity contribution in [2.45, 2.75) is 18.7 Å². The standard InChI is InChI=1S/C17H18ClNO3S/c18-15-9-5-4-6-13(15)10-19(14-7-2-1-3-8-14)16-11-23(21,22)12-17(16)20/h1-9,16-17,20H,10-12H2/t16-,17+/m0/s1. The van der Waals surface area contributed by atoms with Gasteiger partial charge < -0.3 is 10.0 Å². The number of hydrogen-bond donors (Lipinski definition) is 1. The van der Waals surface area contributed by atoms with Crippen LogP contribution in [0.15, 0.2) is 54.6 Å². The van der Waals surface area contributed by atoms with E-state index in [1.165, 1.54) is 0 Å². The van der Waals surface area contributed by atoms with Crippen molar-refractivity contribution in [3.63, 3.8) is 0 Å². The largest absolute Gasteiger partial charge is 0.390 e. The van der Waals surface area contributed by atoms with E-state index in [-0.39, 0.29) is 11.5 Å². The number of aliphatic hydroxyl groups is 1. The second-order valence-corrected chi connectivity index (χ2v) is 8.33. The molecule has 2 aromatic carbocycles. The summed E-state index contributed by atoms with van der Waals surface area (Å²) in [6.07, 6.45) is -0.900. The number of aliphatic hydroxyl groups excluding tert-OH is 1. The third kappa shape index (κ3) is 3.68. The lowest BCUT2D eigenvalue weighted by Gasteiger charge is -2.32. The van der Waals surface area contributed by atoms with Gasteiger partial charge in [0.15, 0.2) is 9.84 Å². The first-order valence-corrected chi connectivity index (χ1v) is 9.60. The lowest BCUT2D eigenvalue weighted by Crippen LogP contribution is -2.43. The van der Waals surface area contributed by atoms with E-state index in [9.17, 15) is 13.5 Å². The Morgan fingerprint density at radius 2 is 1.70 bits per heavy atom. The average molecular weight is 352 g/mol.